The zero-order valence-electron chi connectivity index (χ0n) is 12.1. The number of nitrogens with one attached hydrogen (secondary N) is 1. The maximum atomic E-state index is 6.18. The molecule has 0 aromatic heterocycles. The Morgan fingerprint density at radius 3 is 2.68 bits per heavy atom. The monoisotopic (exact) mass is 301 g/mol. The minimum atomic E-state index is 0.229. The fourth-order valence-electron chi connectivity index (χ4n) is 3.65. The molecule has 0 radical (unpaired) electrons. The Kier molecular flexibility index (Phi) is 4.72. The van der Waals surface area contributed by atoms with Crippen molar-refractivity contribution in [2.24, 2.45) is 0 Å². The van der Waals surface area contributed by atoms with Crippen LogP contribution in [-0.2, 0) is 4.74 Å². The zero-order valence-corrected chi connectivity index (χ0v) is 13.7. The van der Waals surface area contributed by atoms with E-state index >= 15 is 0 Å². The molecule has 2 saturated heterocycles. The van der Waals surface area contributed by atoms with Crippen LogP contribution in [0.4, 0.5) is 0 Å². The normalized spacial score (nSPS) is 33.0. The smallest absolute Gasteiger partial charge is 0.0713 e. The number of hydrogen-bond acceptors (Lipinski definition) is 4. The lowest BCUT2D eigenvalue weighted by Gasteiger charge is -2.46. The maximum absolute atomic E-state index is 6.18. The summed E-state index contributed by atoms with van der Waals surface area (Å²) in [6, 6.07) is 0.696. The third kappa shape index (κ3) is 3.28. The van der Waals surface area contributed by atoms with Crippen molar-refractivity contribution >= 4 is 23.5 Å². The van der Waals surface area contributed by atoms with E-state index in [1.165, 1.54) is 63.0 Å². The van der Waals surface area contributed by atoms with Gasteiger partial charge in [0.05, 0.1) is 5.60 Å². The lowest BCUT2D eigenvalue weighted by atomic mass is 9.82. The summed E-state index contributed by atoms with van der Waals surface area (Å²) in [7, 11) is 0. The second-order valence-corrected chi connectivity index (χ2v) is 8.95. The summed E-state index contributed by atoms with van der Waals surface area (Å²) < 4.78 is 6.74. The molecule has 1 N–H and O–H groups in total. The van der Waals surface area contributed by atoms with Crippen molar-refractivity contribution in [2.75, 3.05) is 30.9 Å². The van der Waals surface area contributed by atoms with Crippen molar-refractivity contribution in [1.29, 1.82) is 0 Å². The average Bonchev–Trinajstić information content (AvgIpc) is 2.39. The molecular formula is C15H27NOS2. The number of ether oxygens (including phenoxy) is 1. The van der Waals surface area contributed by atoms with Crippen LogP contribution in [0, 0.1) is 0 Å². The van der Waals surface area contributed by atoms with Gasteiger partial charge < -0.3 is 10.1 Å². The van der Waals surface area contributed by atoms with Crippen LogP contribution in [0.3, 0.4) is 0 Å². The second-order valence-electron chi connectivity index (χ2n) is 6.46. The summed E-state index contributed by atoms with van der Waals surface area (Å²) in [5.41, 5.74) is 0.229. The molecular weight excluding hydrogens is 274 g/mol. The summed E-state index contributed by atoms with van der Waals surface area (Å²) in [6.07, 6.45) is 11.5. The molecule has 3 fully saturated rings. The molecule has 0 aromatic carbocycles. The van der Waals surface area contributed by atoms with Gasteiger partial charge in [-0.3, -0.25) is 0 Å². The third-order valence-corrected chi connectivity index (χ3v) is 7.71. The van der Waals surface area contributed by atoms with Gasteiger partial charge in [0.2, 0.25) is 0 Å². The standard InChI is InChI=1S/C15H27NOS2/c1-18-15(4-2-5-15)12-16-13-3-8-17-14(11-13)6-9-19-10-7-14/h13,16H,2-12H2,1H3. The van der Waals surface area contributed by atoms with E-state index in [1.54, 1.807) is 0 Å². The van der Waals surface area contributed by atoms with Crippen molar-refractivity contribution in [3.63, 3.8) is 0 Å². The van der Waals surface area contributed by atoms with Gasteiger partial charge in [0.1, 0.15) is 0 Å². The Bertz CT molecular complexity index is 290. The molecule has 4 heteroatoms. The van der Waals surface area contributed by atoms with Crippen molar-refractivity contribution in [3.8, 4) is 0 Å². The molecule has 1 unspecified atom stereocenters. The van der Waals surface area contributed by atoms with Gasteiger partial charge in [0.25, 0.3) is 0 Å². The molecule has 1 aliphatic carbocycles. The van der Waals surface area contributed by atoms with Gasteiger partial charge in [0.15, 0.2) is 0 Å². The Morgan fingerprint density at radius 2 is 2.05 bits per heavy atom. The fraction of sp³-hybridized carbons (Fsp3) is 1.00. The van der Waals surface area contributed by atoms with Gasteiger partial charge in [-0.1, -0.05) is 6.42 Å². The van der Waals surface area contributed by atoms with E-state index in [-0.39, 0.29) is 5.60 Å². The fourth-order valence-corrected chi connectivity index (χ4v) is 5.81. The van der Waals surface area contributed by atoms with E-state index in [1.807, 2.05) is 0 Å². The Morgan fingerprint density at radius 1 is 1.26 bits per heavy atom. The van der Waals surface area contributed by atoms with Crippen LogP contribution in [-0.4, -0.2) is 47.3 Å². The minimum Gasteiger partial charge on any atom is -0.375 e. The first-order valence-electron chi connectivity index (χ1n) is 7.76. The SMILES string of the molecule is CSC1(CNC2CCOC3(CCSCC3)C2)CCC1. The van der Waals surface area contributed by atoms with Crippen molar-refractivity contribution in [3.05, 3.63) is 0 Å². The first-order chi connectivity index (χ1) is 9.26. The molecule has 2 heterocycles. The summed E-state index contributed by atoms with van der Waals surface area (Å²) in [4.78, 5) is 0. The molecule has 19 heavy (non-hydrogen) atoms. The van der Waals surface area contributed by atoms with Gasteiger partial charge in [-0.05, 0) is 56.3 Å². The highest BCUT2D eigenvalue weighted by Crippen LogP contribution is 2.43. The van der Waals surface area contributed by atoms with E-state index in [2.05, 4.69) is 35.1 Å². The van der Waals surface area contributed by atoms with E-state index in [0.29, 0.717) is 10.8 Å². The first-order valence-corrected chi connectivity index (χ1v) is 10.1. The number of thioether (sulfide) groups is 2. The quantitative estimate of drug-likeness (QED) is 0.859. The molecule has 2 aliphatic heterocycles. The Balaban J connectivity index is 1.50. The van der Waals surface area contributed by atoms with Crippen molar-refractivity contribution in [1.82, 2.24) is 5.32 Å². The van der Waals surface area contributed by atoms with Gasteiger partial charge in [-0.25, -0.2) is 0 Å². The molecule has 1 atom stereocenters. The zero-order chi connectivity index (χ0) is 13.2. The molecule has 2 nitrogen and oxygen atoms in total. The highest BCUT2D eigenvalue weighted by atomic mass is 32.2. The lowest BCUT2D eigenvalue weighted by Crippen LogP contribution is -2.52. The summed E-state index contributed by atoms with van der Waals surface area (Å²) in [5, 5.41) is 3.88. The lowest BCUT2D eigenvalue weighted by molar-refractivity contribution is -0.0934. The number of hydrogen-bond donors (Lipinski definition) is 1. The summed E-state index contributed by atoms with van der Waals surface area (Å²) in [5.74, 6) is 2.59. The summed E-state index contributed by atoms with van der Waals surface area (Å²) >= 11 is 4.17. The maximum Gasteiger partial charge on any atom is 0.0713 e. The Hall–Kier alpha value is 0.620. The van der Waals surface area contributed by atoms with Gasteiger partial charge in [0, 0.05) is 23.9 Å². The molecule has 1 spiro atoms. The topological polar surface area (TPSA) is 21.3 Å². The van der Waals surface area contributed by atoms with Gasteiger partial charge in [-0.2, -0.15) is 23.5 Å². The van der Waals surface area contributed by atoms with Gasteiger partial charge >= 0.3 is 0 Å². The van der Waals surface area contributed by atoms with E-state index in [9.17, 15) is 0 Å². The van der Waals surface area contributed by atoms with Crippen LogP contribution in [0.15, 0.2) is 0 Å². The van der Waals surface area contributed by atoms with E-state index < -0.39 is 0 Å². The highest BCUT2D eigenvalue weighted by Gasteiger charge is 2.40. The Labute approximate surface area is 126 Å². The van der Waals surface area contributed by atoms with Crippen LogP contribution in [0.1, 0.15) is 44.9 Å². The molecule has 0 aromatic rings. The van der Waals surface area contributed by atoms with Crippen LogP contribution in [0.5, 0.6) is 0 Å². The van der Waals surface area contributed by atoms with Crippen LogP contribution < -0.4 is 5.32 Å². The molecule has 110 valence electrons. The first kappa shape index (κ1) is 14.6. The molecule has 1 saturated carbocycles. The van der Waals surface area contributed by atoms with Crippen LogP contribution in [0.2, 0.25) is 0 Å². The highest BCUT2D eigenvalue weighted by molar-refractivity contribution is 8.00. The van der Waals surface area contributed by atoms with Crippen LogP contribution in [0.25, 0.3) is 0 Å². The van der Waals surface area contributed by atoms with Crippen molar-refractivity contribution in [2.45, 2.75) is 61.3 Å². The molecule has 3 rings (SSSR count). The van der Waals surface area contributed by atoms with Crippen LogP contribution >= 0.6 is 23.5 Å². The largest absolute Gasteiger partial charge is 0.375 e. The van der Waals surface area contributed by atoms with Crippen molar-refractivity contribution < 1.29 is 4.74 Å². The predicted octanol–water partition coefficient (Wildman–Crippen LogP) is 3.31. The van der Waals surface area contributed by atoms with E-state index in [4.69, 9.17) is 4.74 Å². The second kappa shape index (κ2) is 6.17. The third-order valence-electron chi connectivity index (χ3n) is 5.31. The minimum absolute atomic E-state index is 0.229. The van der Waals surface area contributed by atoms with Gasteiger partial charge in [-0.15, -0.1) is 0 Å². The predicted molar refractivity (Wildman–Crippen MR) is 86.4 cm³/mol. The molecule has 0 amide bonds. The van der Waals surface area contributed by atoms with E-state index in [0.717, 1.165) is 6.61 Å². The molecule has 3 aliphatic rings. The number of rotatable bonds is 4. The molecule has 0 bridgehead atoms. The average molecular weight is 302 g/mol. The summed E-state index contributed by atoms with van der Waals surface area (Å²) in [6.45, 7) is 2.18.